The summed E-state index contributed by atoms with van der Waals surface area (Å²) >= 11 is 0. The molecule has 1 aromatic carbocycles. The van der Waals surface area contributed by atoms with E-state index in [4.69, 9.17) is 5.73 Å². The van der Waals surface area contributed by atoms with Gasteiger partial charge in [-0.25, -0.2) is 8.98 Å². The smallest absolute Gasteiger partial charge is 0.354 e. The third-order valence-electron chi connectivity index (χ3n) is 2.46. The summed E-state index contributed by atoms with van der Waals surface area (Å²) in [5.41, 5.74) is 4.62. The van der Waals surface area contributed by atoms with Gasteiger partial charge in [0, 0.05) is 6.42 Å². The lowest BCUT2D eigenvalue weighted by molar-refractivity contribution is -0.159. The number of carbonyl (C=O) groups excluding carboxylic acids is 1. The highest BCUT2D eigenvalue weighted by Gasteiger charge is 2.39. The van der Waals surface area contributed by atoms with Gasteiger partial charge in [0.2, 0.25) is 5.72 Å². The quantitative estimate of drug-likeness (QED) is 0.463. The Morgan fingerprint density at radius 2 is 1.89 bits per heavy atom. The number of methoxy groups -OCH3 is 1. The summed E-state index contributed by atoms with van der Waals surface area (Å²) in [5, 5.41) is 0. The highest BCUT2D eigenvalue weighted by Crippen LogP contribution is 2.17. The van der Waals surface area contributed by atoms with Gasteiger partial charge in [-0.3, -0.25) is 5.73 Å². The molecule has 0 radical (unpaired) electrons. The topological polar surface area (TPSA) is 95.7 Å². The van der Waals surface area contributed by atoms with Crippen molar-refractivity contribution >= 4 is 16.1 Å². The van der Waals surface area contributed by atoms with Crippen LogP contribution in [0.25, 0.3) is 0 Å². The van der Waals surface area contributed by atoms with Crippen molar-refractivity contribution in [3.63, 3.8) is 0 Å². The number of rotatable bonds is 6. The molecule has 1 unspecified atom stereocenters. The molecule has 1 atom stereocenters. The van der Waals surface area contributed by atoms with Crippen LogP contribution in [0.2, 0.25) is 0 Å². The van der Waals surface area contributed by atoms with Crippen molar-refractivity contribution < 1.29 is 22.1 Å². The van der Waals surface area contributed by atoms with Crippen LogP contribution in [-0.2, 0) is 30.3 Å². The molecule has 0 amide bonds. The molecule has 0 aromatic heterocycles. The van der Waals surface area contributed by atoms with Crippen molar-refractivity contribution in [3.8, 4) is 0 Å². The summed E-state index contributed by atoms with van der Waals surface area (Å²) in [7, 11) is -2.74. The first-order valence-electron chi connectivity index (χ1n) is 5.59. The van der Waals surface area contributed by atoms with E-state index in [0.29, 0.717) is 6.42 Å². The molecule has 0 spiro atoms. The fraction of sp³-hybridized carbons (Fsp3) is 0.417. The van der Waals surface area contributed by atoms with Gasteiger partial charge < -0.3 is 4.74 Å². The van der Waals surface area contributed by atoms with E-state index in [2.05, 4.69) is 8.92 Å². The molecule has 7 heteroatoms. The van der Waals surface area contributed by atoms with Crippen molar-refractivity contribution in [1.29, 1.82) is 0 Å². The summed E-state index contributed by atoms with van der Waals surface area (Å²) in [6.07, 6.45) is 1.22. The van der Waals surface area contributed by atoms with Crippen LogP contribution >= 0.6 is 0 Å². The number of nitrogens with two attached hydrogens (primary N) is 1. The zero-order chi connectivity index (χ0) is 14.5. The van der Waals surface area contributed by atoms with Crippen LogP contribution in [0.1, 0.15) is 12.0 Å². The molecule has 1 rings (SSSR count). The molecule has 2 N–H and O–H groups in total. The lowest BCUT2D eigenvalue weighted by Gasteiger charge is -2.25. The number of carbonyl (C=O) groups is 1. The Balaban J connectivity index is 2.84. The van der Waals surface area contributed by atoms with Crippen LogP contribution in [0.5, 0.6) is 0 Å². The molecule has 1 aromatic rings. The van der Waals surface area contributed by atoms with Crippen LogP contribution in [0.4, 0.5) is 0 Å². The van der Waals surface area contributed by atoms with Crippen LogP contribution < -0.4 is 5.73 Å². The Morgan fingerprint density at radius 3 is 2.37 bits per heavy atom. The van der Waals surface area contributed by atoms with Crippen molar-refractivity contribution in [1.82, 2.24) is 0 Å². The minimum atomic E-state index is -3.87. The van der Waals surface area contributed by atoms with Crippen molar-refractivity contribution in [2.45, 2.75) is 18.6 Å². The molecule has 0 saturated carbocycles. The van der Waals surface area contributed by atoms with Crippen LogP contribution in [-0.4, -0.2) is 33.5 Å². The summed E-state index contributed by atoms with van der Waals surface area (Å²) in [6.45, 7) is 0. The molecule has 0 aliphatic rings. The maximum atomic E-state index is 11.6. The first-order valence-corrected chi connectivity index (χ1v) is 7.40. The normalized spacial score (nSPS) is 14.7. The molecule has 0 bridgehead atoms. The highest BCUT2D eigenvalue weighted by atomic mass is 32.2. The lowest BCUT2D eigenvalue weighted by atomic mass is 10.0. The van der Waals surface area contributed by atoms with Gasteiger partial charge in [0.1, 0.15) is 0 Å². The third-order valence-corrected chi connectivity index (χ3v) is 3.06. The number of ether oxygens (including phenoxy) is 1. The average molecular weight is 287 g/mol. The van der Waals surface area contributed by atoms with Gasteiger partial charge in [0.25, 0.3) is 10.1 Å². The SMILES string of the molecule is COC(=O)C(N)(CCc1ccccc1)OS(C)(=O)=O. The largest absolute Gasteiger partial charge is 0.466 e. The number of esters is 1. The second-order valence-corrected chi connectivity index (χ2v) is 5.73. The standard InChI is InChI=1S/C12H17NO5S/c1-17-11(14)12(13,18-19(2,15)16)9-8-10-6-4-3-5-7-10/h3-7H,8-9,13H2,1-2H3. The fourth-order valence-electron chi connectivity index (χ4n) is 1.60. The van der Waals surface area contributed by atoms with E-state index < -0.39 is 21.8 Å². The predicted molar refractivity (Wildman–Crippen MR) is 69.6 cm³/mol. The zero-order valence-electron chi connectivity index (χ0n) is 10.8. The van der Waals surface area contributed by atoms with Crippen molar-refractivity contribution in [3.05, 3.63) is 35.9 Å². The second kappa shape index (κ2) is 6.14. The molecular weight excluding hydrogens is 270 g/mol. The number of hydrogen-bond donors (Lipinski definition) is 1. The van der Waals surface area contributed by atoms with Gasteiger partial charge in [-0.05, 0) is 12.0 Å². The fourth-order valence-corrected chi connectivity index (χ4v) is 2.29. The van der Waals surface area contributed by atoms with E-state index in [-0.39, 0.29) is 6.42 Å². The Kier molecular flexibility index (Phi) is 5.04. The van der Waals surface area contributed by atoms with E-state index in [0.717, 1.165) is 18.9 Å². The Bertz CT molecular complexity index is 528. The van der Waals surface area contributed by atoms with E-state index in [1.807, 2.05) is 30.3 Å². The number of benzene rings is 1. The Labute approximate surface area is 112 Å². The molecular formula is C12H17NO5S. The van der Waals surface area contributed by atoms with Crippen molar-refractivity contribution in [2.24, 2.45) is 5.73 Å². The van der Waals surface area contributed by atoms with E-state index >= 15 is 0 Å². The van der Waals surface area contributed by atoms with Gasteiger partial charge in [-0.1, -0.05) is 30.3 Å². The minimum Gasteiger partial charge on any atom is -0.466 e. The van der Waals surface area contributed by atoms with Gasteiger partial charge in [0.05, 0.1) is 13.4 Å². The van der Waals surface area contributed by atoms with Gasteiger partial charge in [-0.15, -0.1) is 0 Å². The van der Waals surface area contributed by atoms with Gasteiger partial charge >= 0.3 is 5.97 Å². The first kappa shape index (κ1) is 15.6. The molecule has 106 valence electrons. The maximum Gasteiger partial charge on any atom is 0.354 e. The minimum absolute atomic E-state index is 0.00322. The molecule has 0 saturated heterocycles. The summed E-state index contributed by atoms with van der Waals surface area (Å²) in [6, 6.07) is 9.22. The van der Waals surface area contributed by atoms with Gasteiger partial charge in [0.15, 0.2) is 0 Å². The Hall–Kier alpha value is -1.44. The monoisotopic (exact) mass is 287 g/mol. The number of aryl methyl sites for hydroxylation is 1. The molecule has 0 aliphatic carbocycles. The molecule has 19 heavy (non-hydrogen) atoms. The molecule has 6 nitrogen and oxygen atoms in total. The zero-order valence-corrected chi connectivity index (χ0v) is 11.6. The summed E-state index contributed by atoms with van der Waals surface area (Å²) < 4.78 is 31.5. The van der Waals surface area contributed by atoms with E-state index in [1.165, 1.54) is 0 Å². The van der Waals surface area contributed by atoms with E-state index in [9.17, 15) is 13.2 Å². The number of hydrogen-bond acceptors (Lipinski definition) is 6. The molecule has 0 heterocycles. The molecule has 0 fully saturated rings. The average Bonchev–Trinajstić information content (AvgIpc) is 2.34. The summed E-state index contributed by atoms with van der Waals surface area (Å²) in [5.74, 6) is -0.922. The van der Waals surface area contributed by atoms with Crippen LogP contribution in [0, 0.1) is 0 Å². The third kappa shape index (κ3) is 4.98. The van der Waals surface area contributed by atoms with Crippen LogP contribution in [0.15, 0.2) is 30.3 Å². The Morgan fingerprint density at radius 1 is 1.32 bits per heavy atom. The highest BCUT2D eigenvalue weighted by molar-refractivity contribution is 7.86. The molecule has 0 aliphatic heterocycles. The van der Waals surface area contributed by atoms with E-state index in [1.54, 1.807) is 0 Å². The lowest BCUT2D eigenvalue weighted by Crippen LogP contribution is -2.52. The summed E-state index contributed by atoms with van der Waals surface area (Å²) in [4.78, 5) is 11.6. The first-order chi connectivity index (χ1) is 8.77. The maximum absolute atomic E-state index is 11.6. The van der Waals surface area contributed by atoms with Gasteiger partial charge in [-0.2, -0.15) is 8.42 Å². The van der Waals surface area contributed by atoms with Crippen molar-refractivity contribution in [2.75, 3.05) is 13.4 Å². The second-order valence-electron chi connectivity index (χ2n) is 4.15. The predicted octanol–water partition coefficient (Wildman–Crippen LogP) is 0.423. The van der Waals surface area contributed by atoms with Crippen LogP contribution in [0.3, 0.4) is 0 Å².